The van der Waals surface area contributed by atoms with Gasteiger partial charge in [0.1, 0.15) is 5.83 Å². The van der Waals surface area contributed by atoms with Crippen molar-refractivity contribution in [3.63, 3.8) is 0 Å². The largest absolute Gasteiger partial charge is 0.304 e. The van der Waals surface area contributed by atoms with Crippen LogP contribution < -0.4 is 0 Å². The fourth-order valence-electron chi connectivity index (χ4n) is 3.26. The molecule has 0 spiro atoms. The Bertz CT molecular complexity index is 1090. The molecule has 3 aromatic rings. The first-order chi connectivity index (χ1) is 13.1. The molecule has 4 rings (SSSR count). The monoisotopic (exact) mass is 362 g/mol. The minimum Gasteiger partial charge on any atom is -0.304 e. The van der Waals surface area contributed by atoms with Crippen molar-refractivity contribution in [1.29, 1.82) is 0 Å². The summed E-state index contributed by atoms with van der Waals surface area (Å²) >= 11 is 0. The van der Waals surface area contributed by atoms with E-state index in [1.807, 2.05) is 35.2 Å². The van der Waals surface area contributed by atoms with Crippen LogP contribution in [0.1, 0.15) is 22.8 Å². The second-order valence-electron chi connectivity index (χ2n) is 6.47. The summed E-state index contributed by atoms with van der Waals surface area (Å²) in [7, 11) is 0. The first kappa shape index (κ1) is 17.1. The molecule has 1 aliphatic rings. The molecular weight excluding hydrogens is 343 g/mol. The number of rotatable bonds is 3. The molecule has 0 amide bonds. The first-order valence-corrected chi connectivity index (χ1v) is 8.64. The number of allylic oxidation sites excluding steroid dienone is 5. The van der Waals surface area contributed by atoms with Gasteiger partial charge in [-0.3, -0.25) is 4.98 Å². The van der Waals surface area contributed by atoms with Gasteiger partial charge >= 0.3 is 0 Å². The van der Waals surface area contributed by atoms with Crippen LogP contribution in [0.5, 0.6) is 0 Å². The van der Waals surface area contributed by atoms with E-state index in [4.69, 9.17) is 0 Å². The molecule has 0 bridgehead atoms. The highest BCUT2D eigenvalue weighted by atomic mass is 19.1. The van der Waals surface area contributed by atoms with E-state index < -0.39 is 5.83 Å². The Morgan fingerprint density at radius 1 is 1.26 bits per heavy atom. The topological polar surface area (TPSA) is 61.4 Å². The smallest absolute Gasteiger partial charge is 0.122 e. The zero-order valence-corrected chi connectivity index (χ0v) is 15.2. The number of imidazole rings is 1. The van der Waals surface area contributed by atoms with Crippen LogP contribution in [0.3, 0.4) is 0 Å². The van der Waals surface area contributed by atoms with Crippen LogP contribution in [-0.4, -0.2) is 29.5 Å². The summed E-state index contributed by atoms with van der Waals surface area (Å²) in [6.45, 7) is 7.83. The fourth-order valence-corrected chi connectivity index (χ4v) is 3.26. The molecule has 0 unspecified atom stereocenters. The van der Waals surface area contributed by atoms with Gasteiger partial charge in [0.15, 0.2) is 0 Å². The van der Waals surface area contributed by atoms with E-state index in [0.29, 0.717) is 13.0 Å². The van der Waals surface area contributed by atoms with Crippen LogP contribution in [0, 0.1) is 13.8 Å². The molecule has 7 heteroatoms. The third kappa shape index (κ3) is 3.12. The van der Waals surface area contributed by atoms with Crippen molar-refractivity contribution in [1.82, 2.24) is 29.5 Å². The average molecular weight is 362 g/mol. The number of hydrogen-bond donors (Lipinski definition) is 0. The molecule has 0 radical (unpaired) electrons. The van der Waals surface area contributed by atoms with E-state index in [1.165, 1.54) is 12.2 Å². The first-order valence-electron chi connectivity index (χ1n) is 8.64. The Morgan fingerprint density at radius 2 is 2.11 bits per heavy atom. The summed E-state index contributed by atoms with van der Waals surface area (Å²) in [4.78, 5) is 8.91. The number of aromatic nitrogens is 6. The third-order valence-electron chi connectivity index (χ3n) is 4.65. The second-order valence-corrected chi connectivity index (χ2v) is 6.47. The number of pyridine rings is 1. The summed E-state index contributed by atoms with van der Waals surface area (Å²) in [5.41, 5.74) is 6.60. The molecule has 3 aromatic heterocycles. The molecule has 1 aliphatic heterocycles. The van der Waals surface area contributed by atoms with Gasteiger partial charge in [0.05, 0.1) is 35.6 Å². The van der Waals surface area contributed by atoms with Crippen molar-refractivity contribution in [2.45, 2.75) is 26.8 Å². The molecule has 0 saturated carbocycles. The van der Waals surface area contributed by atoms with Crippen molar-refractivity contribution >= 4 is 5.70 Å². The summed E-state index contributed by atoms with van der Waals surface area (Å²) in [6, 6.07) is 3.96. The van der Waals surface area contributed by atoms with Gasteiger partial charge in [-0.25, -0.2) is 14.1 Å². The van der Waals surface area contributed by atoms with Crippen molar-refractivity contribution in [2.24, 2.45) is 0 Å². The number of nitrogens with zero attached hydrogens (tertiary/aromatic N) is 6. The standard InChI is InChI=1S/C20H19FN6/c1-4-16(21)5-6-17-11-27-18(14(3)24-25-27)10-19-20(23-12-26(17)19)15-7-8-22-13(2)9-15/h4-9,12H,1,10-11H2,2-3H3/b16-5+,17-6+. The lowest BCUT2D eigenvalue weighted by molar-refractivity contribution is 0.644. The van der Waals surface area contributed by atoms with Crippen LogP contribution in [0.15, 0.2) is 55.3 Å². The lowest BCUT2D eigenvalue weighted by Gasteiger charge is -2.09. The second kappa shape index (κ2) is 6.75. The Balaban J connectivity index is 1.91. The van der Waals surface area contributed by atoms with E-state index in [2.05, 4.69) is 26.9 Å². The van der Waals surface area contributed by atoms with Gasteiger partial charge in [-0.2, -0.15) is 0 Å². The van der Waals surface area contributed by atoms with Gasteiger partial charge < -0.3 is 4.57 Å². The van der Waals surface area contributed by atoms with E-state index >= 15 is 0 Å². The molecular formula is C20H19FN6. The molecule has 0 N–H and O–H groups in total. The maximum absolute atomic E-state index is 13.6. The predicted molar refractivity (Wildman–Crippen MR) is 101 cm³/mol. The van der Waals surface area contributed by atoms with Crippen molar-refractivity contribution in [2.75, 3.05) is 0 Å². The average Bonchev–Trinajstić information content (AvgIpc) is 3.19. The third-order valence-corrected chi connectivity index (χ3v) is 4.65. The van der Waals surface area contributed by atoms with Gasteiger partial charge in [0.2, 0.25) is 0 Å². The molecule has 4 heterocycles. The summed E-state index contributed by atoms with van der Waals surface area (Å²) < 4.78 is 17.5. The van der Waals surface area contributed by atoms with E-state index in [1.54, 1.807) is 18.6 Å². The van der Waals surface area contributed by atoms with E-state index in [-0.39, 0.29) is 0 Å². The van der Waals surface area contributed by atoms with E-state index in [0.717, 1.165) is 39.7 Å². The van der Waals surface area contributed by atoms with Crippen LogP contribution in [0.2, 0.25) is 0 Å². The minimum absolute atomic E-state index is 0.395. The van der Waals surface area contributed by atoms with Gasteiger partial charge in [-0.05, 0) is 44.2 Å². The van der Waals surface area contributed by atoms with Gasteiger partial charge in [-0.1, -0.05) is 11.8 Å². The quantitative estimate of drug-likeness (QED) is 0.668. The van der Waals surface area contributed by atoms with E-state index in [9.17, 15) is 4.39 Å². The molecule has 0 aliphatic carbocycles. The maximum atomic E-state index is 13.6. The molecule has 6 nitrogen and oxygen atoms in total. The normalized spacial score (nSPS) is 15.4. The van der Waals surface area contributed by atoms with Crippen LogP contribution >= 0.6 is 0 Å². The SMILES string of the molecule is C=C/C(F)=C\C=C1/Cn2nnc(C)c2Cc2c(-c3ccnc(C)c3)ncn21. The Kier molecular flexibility index (Phi) is 4.27. The van der Waals surface area contributed by atoms with Gasteiger partial charge in [0.25, 0.3) is 0 Å². The molecule has 0 saturated heterocycles. The van der Waals surface area contributed by atoms with Crippen molar-refractivity contribution in [3.8, 4) is 11.3 Å². The Labute approximate surface area is 156 Å². The number of halogens is 1. The van der Waals surface area contributed by atoms with Crippen molar-refractivity contribution in [3.05, 3.63) is 78.1 Å². The lowest BCUT2D eigenvalue weighted by atomic mass is 10.1. The van der Waals surface area contributed by atoms with Crippen molar-refractivity contribution < 1.29 is 4.39 Å². The summed E-state index contributed by atoms with van der Waals surface area (Å²) in [6.07, 6.45) is 8.51. The van der Waals surface area contributed by atoms with Gasteiger partial charge in [-0.15, -0.1) is 5.10 Å². The molecule has 136 valence electrons. The van der Waals surface area contributed by atoms with Crippen LogP contribution in [-0.2, 0) is 13.0 Å². The molecule has 27 heavy (non-hydrogen) atoms. The molecule has 0 fully saturated rings. The number of hydrogen-bond acceptors (Lipinski definition) is 4. The van der Waals surface area contributed by atoms with Crippen LogP contribution in [0.25, 0.3) is 17.0 Å². The molecule has 0 atom stereocenters. The Hall–Kier alpha value is -3.35. The minimum atomic E-state index is -0.395. The zero-order valence-electron chi connectivity index (χ0n) is 15.2. The Morgan fingerprint density at radius 3 is 2.89 bits per heavy atom. The predicted octanol–water partition coefficient (Wildman–Crippen LogP) is 3.64. The highest BCUT2D eigenvalue weighted by Gasteiger charge is 2.23. The number of aryl methyl sites for hydroxylation is 2. The summed E-state index contributed by atoms with van der Waals surface area (Å²) in [5.74, 6) is -0.395. The maximum Gasteiger partial charge on any atom is 0.122 e. The van der Waals surface area contributed by atoms with Gasteiger partial charge in [0, 0.05) is 29.6 Å². The number of fused-ring (bicyclic) bond motifs is 2. The highest BCUT2D eigenvalue weighted by Crippen LogP contribution is 2.30. The lowest BCUT2D eigenvalue weighted by Crippen LogP contribution is -2.06. The zero-order chi connectivity index (χ0) is 19.0. The van der Waals surface area contributed by atoms with Crippen LogP contribution in [0.4, 0.5) is 4.39 Å². The molecule has 0 aromatic carbocycles. The fraction of sp³-hybridized carbons (Fsp3) is 0.200. The summed E-state index contributed by atoms with van der Waals surface area (Å²) in [5, 5.41) is 8.44. The highest BCUT2D eigenvalue weighted by molar-refractivity contribution is 5.66.